The highest BCUT2D eigenvalue weighted by atomic mass is 19.1. The van der Waals surface area contributed by atoms with Crippen LogP contribution in [-0.4, -0.2) is 30.3 Å². The predicted molar refractivity (Wildman–Crippen MR) is 86.7 cm³/mol. The molecule has 0 unspecified atom stereocenters. The van der Waals surface area contributed by atoms with E-state index in [0.717, 1.165) is 11.6 Å². The topological polar surface area (TPSA) is 87.7 Å². The van der Waals surface area contributed by atoms with Gasteiger partial charge in [-0.25, -0.2) is 14.0 Å². The summed E-state index contributed by atoms with van der Waals surface area (Å²) in [6, 6.07) is 11.0. The molecule has 2 aromatic carbocycles. The number of hydrogen-bond donors (Lipinski definition) is 3. The number of carboxylic acid groups (broad SMARTS) is 1. The first-order chi connectivity index (χ1) is 11.5. The molecule has 6 nitrogen and oxygen atoms in total. The maximum atomic E-state index is 13.6. The molecule has 0 heterocycles. The lowest BCUT2D eigenvalue weighted by Gasteiger charge is -2.15. The number of anilines is 1. The van der Waals surface area contributed by atoms with E-state index in [4.69, 9.17) is 4.74 Å². The van der Waals surface area contributed by atoms with Gasteiger partial charge in [-0.1, -0.05) is 30.3 Å². The summed E-state index contributed by atoms with van der Waals surface area (Å²) in [5.41, 5.74) is 0.968. The third-order valence-electron chi connectivity index (χ3n) is 3.30. The van der Waals surface area contributed by atoms with Crippen LogP contribution in [0.2, 0.25) is 0 Å². The van der Waals surface area contributed by atoms with Crippen LogP contribution in [0.3, 0.4) is 0 Å². The van der Waals surface area contributed by atoms with Crippen molar-refractivity contribution in [1.29, 1.82) is 0 Å². The van der Waals surface area contributed by atoms with Crippen molar-refractivity contribution in [2.75, 3.05) is 12.4 Å². The Kier molecular flexibility index (Phi) is 5.73. The summed E-state index contributed by atoms with van der Waals surface area (Å²) in [5, 5.41) is 14.0. The van der Waals surface area contributed by atoms with Gasteiger partial charge >= 0.3 is 12.0 Å². The SMILES string of the molecule is COc1ccc(NC(=O)N[C@H](Cc2ccccc2)C(=O)O)cc1F. The van der Waals surface area contributed by atoms with E-state index in [9.17, 15) is 19.1 Å². The zero-order valence-corrected chi connectivity index (χ0v) is 13.0. The lowest BCUT2D eigenvalue weighted by molar-refractivity contribution is -0.139. The molecule has 0 aliphatic heterocycles. The second-order valence-corrected chi connectivity index (χ2v) is 5.03. The molecule has 0 saturated carbocycles. The van der Waals surface area contributed by atoms with E-state index in [1.165, 1.54) is 19.2 Å². The Balaban J connectivity index is 2.00. The second-order valence-electron chi connectivity index (χ2n) is 5.03. The van der Waals surface area contributed by atoms with Crippen LogP contribution in [0.25, 0.3) is 0 Å². The number of hydrogen-bond acceptors (Lipinski definition) is 3. The van der Waals surface area contributed by atoms with E-state index < -0.39 is 23.9 Å². The van der Waals surface area contributed by atoms with Crippen molar-refractivity contribution in [2.45, 2.75) is 12.5 Å². The number of ether oxygens (including phenoxy) is 1. The van der Waals surface area contributed by atoms with E-state index in [-0.39, 0.29) is 17.9 Å². The van der Waals surface area contributed by atoms with Gasteiger partial charge in [0.2, 0.25) is 0 Å². The van der Waals surface area contributed by atoms with Crippen LogP contribution in [0.15, 0.2) is 48.5 Å². The van der Waals surface area contributed by atoms with Gasteiger partial charge in [0.1, 0.15) is 6.04 Å². The summed E-state index contributed by atoms with van der Waals surface area (Å²) in [6.45, 7) is 0. The molecule has 3 N–H and O–H groups in total. The first kappa shape index (κ1) is 17.3. The number of rotatable bonds is 6. The van der Waals surface area contributed by atoms with Crippen LogP contribution in [0.1, 0.15) is 5.56 Å². The monoisotopic (exact) mass is 332 g/mol. The van der Waals surface area contributed by atoms with E-state index in [2.05, 4.69) is 10.6 Å². The number of carbonyl (C=O) groups excluding carboxylic acids is 1. The van der Waals surface area contributed by atoms with Crippen LogP contribution in [0.5, 0.6) is 5.75 Å². The van der Waals surface area contributed by atoms with E-state index >= 15 is 0 Å². The normalized spacial score (nSPS) is 11.4. The molecule has 7 heteroatoms. The lowest BCUT2D eigenvalue weighted by Crippen LogP contribution is -2.44. The molecule has 2 aromatic rings. The van der Waals surface area contributed by atoms with Crippen LogP contribution in [-0.2, 0) is 11.2 Å². The van der Waals surface area contributed by atoms with E-state index in [1.54, 1.807) is 24.3 Å². The van der Waals surface area contributed by atoms with Gasteiger partial charge in [-0.2, -0.15) is 0 Å². The molecule has 0 aliphatic rings. The fourth-order valence-corrected chi connectivity index (χ4v) is 2.12. The maximum Gasteiger partial charge on any atom is 0.326 e. The summed E-state index contributed by atoms with van der Waals surface area (Å²) in [4.78, 5) is 23.3. The molecule has 2 rings (SSSR count). The van der Waals surface area contributed by atoms with Crippen LogP contribution >= 0.6 is 0 Å². The number of urea groups is 1. The summed E-state index contributed by atoms with van der Waals surface area (Å²) in [7, 11) is 1.33. The van der Waals surface area contributed by atoms with Crippen LogP contribution in [0, 0.1) is 5.82 Å². The predicted octanol–water partition coefficient (Wildman–Crippen LogP) is 2.65. The van der Waals surface area contributed by atoms with Gasteiger partial charge in [0.25, 0.3) is 0 Å². The first-order valence-electron chi connectivity index (χ1n) is 7.17. The van der Waals surface area contributed by atoms with Gasteiger partial charge in [0.05, 0.1) is 7.11 Å². The number of halogens is 1. The quantitative estimate of drug-likeness (QED) is 0.759. The average molecular weight is 332 g/mol. The van der Waals surface area contributed by atoms with Gasteiger partial charge in [0.15, 0.2) is 11.6 Å². The fraction of sp³-hybridized carbons (Fsp3) is 0.176. The molecule has 0 saturated heterocycles. The molecule has 0 radical (unpaired) electrons. The molecule has 1 atom stereocenters. The highest BCUT2D eigenvalue weighted by Crippen LogP contribution is 2.20. The van der Waals surface area contributed by atoms with Crippen molar-refractivity contribution >= 4 is 17.7 Å². The number of carboxylic acids is 1. The Bertz CT molecular complexity index is 722. The fourth-order valence-electron chi connectivity index (χ4n) is 2.12. The maximum absolute atomic E-state index is 13.6. The molecule has 0 bridgehead atoms. The second kappa shape index (κ2) is 7.96. The van der Waals surface area contributed by atoms with Gasteiger partial charge in [0, 0.05) is 18.2 Å². The zero-order chi connectivity index (χ0) is 17.5. The van der Waals surface area contributed by atoms with E-state index in [1.807, 2.05) is 6.07 Å². The van der Waals surface area contributed by atoms with Crippen molar-refractivity contribution in [3.8, 4) is 5.75 Å². The van der Waals surface area contributed by atoms with Crippen molar-refractivity contribution in [1.82, 2.24) is 5.32 Å². The van der Waals surface area contributed by atoms with Crippen molar-refractivity contribution in [3.63, 3.8) is 0 Å². The smallest absolute Gasteiger partial charge is 0.326 e. The molecular formula is C17H17FN2O4. The molecule has 2 amide bonds. The Labute approximate surface area is 138 Å². The van der Waals surface area contributed by atoms with Crippen molar-refractivity contribution in [3.05, 3.63) is 59.9 Å². The number of aliphatic carboxylic acids is 1. The van der Waals surface area contributed by atoms with Crippen molar-refractivity contribution < 1.29 is 23.8 Å². The minimum Gasteiger partial charge on any atom is -0.494 e. The molecule has 0 aromatic heterocycles. The highest BCUT2D eigenvalue weighted by Gasteiger charge is 2.20. The summed E-state index contributed by atoms with van der Waals surface area (Å²) < 4.78 is 18.4. The highest BCUT2D eigenvalue weighted by molar-refractivity contribution is 5.92. The van der Waals surface area contributed by atoms with Crippen molar-refractivity contribution in [2.24, 2.45) is 0 Å². The minimum atomic E-state index is -1.16. The number of benzene rings is 2. The molecule has 126 valence electrons. The standard InChI is InChI=1S/C17H17FN2O4/c1-24-15-8-7-12(10-13(15)18)19-17(23)20-14(16(21)22)9-11-5-3-2-4-6-11/h2-8,10,14H,9H2,1H3,(H,21,22)(H2,19,20,23)/t14-/m1/s1. The zero-order valence-electron chi connectivity index (χ0n) is 13.0. The van der Waals surface area contributed by atoms with Crippen LogP contribution < -0.4 is 15.4 Å². The van der Waals surface area contributed by atoms with Gasteiger partial charge < -0.3 is 20.5 Å². The molecule has 0 spiro atoms. The molecular weight excluding hydrogens is 315 g/mol. The summed E-state index contributed by atoms with van der Waals surface area (Å²) in [5.74, 6) is -1.74. The molecule has 0 fully saturated rings. The van der Waals surface area contributed by atoms with Gasteiger partial charge in [-0.05, 0) is 17.7 Å². The number of methoxy groups -OCH3 is 1. The minimum absolute atomic E-state index is 0.0495. The number of nitrogens with one attached hydrogen (secondary N) is 2. The Hall–Kier alpha value is -3.09. The summed E-state index contributed by atoms with van der Waals surface area (Å²) in [6.07, 6.45) is 0.139. The Morgan fingerprint density at radius 3 is 2.50 bits per heavy atom. The first-order valence-corrected chi connectivity index (χ1v) is 7.17. The van der Waals surface area contributed by atoms with Gasteiger partial charge in [-0.3, -0.25) is 0 Å². The molecule has 24 heavy (non-hydrogen) atoms. The third-order valence-corrected chi connectivity index (χ3v) is 3.30. The number of carbonyl (C=O) groups is 2. The molecule has 0 aliphatic carbocycles. The van der Waals surface area contributed by atoms with Gasteiger partial charge in [-0.15, -0.1) is 0 Å². The largest absolute Gasteiger partial charge is 0.494 e. The Morgan fingerprint density at radius 1 is 1.21 bits per heavy atom. The van der Waals surface area contributed by atoms with Crippen LogP contribution in [0.4, 0.5) is 14.9 Å². The average Bonchev–Trinajstić information content (AvgIpc) is 2.55. The lowest BCUT2D eigenvalue weighted by atomic mass is 10.1. The van der Waals surface area contributed by atoms with E-state index in [0.29, 0.717) is 0 Å². The Morgan fingerprint density at radius 2 is 1.92 bits per heavy atom. The third kappa shape index (κ3) is 4.70. The summed E-state index contributed by atoms with van der Waals surface area (Å²) >= 11 is 0. The number of amides is 2.